The Morgan fingerprint density at radius 3 is 2.43 bits per heavy atom. The Balaban J connectivity index is 2.14. The SMILES string of the molecule is CSc1ccc(N/C=C2\C(=O)CCC(C)(C)CC2=O)cc1. The molecule has 1 aromatic rings. The van der Waals surface area contributed by atoms with Gasteiger partial charge in [0.2, 0.25) is 0 Å². The summed E-state index contributed by atoms with van der Waals surface area (Å²) in [5.41, 5.74) is 1.08. The summed E-state index contributed by atoms with van der Waals surface area (Å²) in [4.78, 5) is 25.5. The number of rotatable bonds is 3. The molecular formula is C17H21NO2S. The third-order valence-electron chi connectivity index (χ3n) is 3.74. The number of hydrogen-bond acceptors (Lipinski definition) is 4. The molecule has 0 heterocycles. The number of nitrogens with one attached hydrogen (secondary N) is 1. The summed E-state index contributed by atoms with van der Waals surface area (Å²) in [5, 5.41) is 3.07. The predicted octanol–water partition coefficient (Wildman–Crippen LogP) is 4.05. The Morgan fingerprint density at radius 2 is 1.81 bits per heavy atom. The van der Waals surface area contributed by atoms with Crippen LogP contribution in [0.25, 0.3) is 0 Å². The topological polar surface area (TPSA) is 46.2 Å². The van der Waals surface area contributed by atoms with E-state index in [0.717, 1.165) is 12.1 Å². The Kier molecular flexibility index (Phi) is 4.88. The molecule has 1 saturated carbocycles. The molecule has 2 rings (SSSR count). The maximum absolute atomic E-state index is 12.2. The van der Waals surface area contributed by atoms with E-state index in [4.69, 9.17) is 0 Å². The zero-order valence-electron chi connectivity index (χ0n) is 12.7. The van der Waals surface area contributed by atoms with Gasteiger partial charge >= 0.3 is 0 Å². The highest BCUT2D eigenvalue weighted by atomic mass is 32.2. The van der Waals surface area contributed by atoms with Gasteiger partial charge < -0.3 is 5.32 Å². The van der Waals surface area contributed by atoms with Gasteiger partial charge in [0.1, 0.15) is 0 Å². The Labute approximate surface area is 130 Å². The second-order valence-corrected chi connectivity index (χ2v) is 7.00. The van der Waals surface area contributed by atoms with Crippen LogP contribution in [0.3, 0.4) is 0 Å². The minimum absolute atomic E-state index is 0.0567. The van der Waals surface area contributed by atoms with Crippen LogP contribution in [0.4, 0.5) is 5.69 Å². The van der Waals surface area contributed by atoms with Crippen LogP contribution in [0.15, 0.2) is 40.9 Å². The normalized spacial score (nSPS) is 20.4. The van der Waals surface area contributed by atoms with Crippen LogP contribution in [-0.2, 0) is 9.59 Å². The van der Waals surface area contributed by atoms with Crippen LogP contribution in [0.2, 0.25) is 0 Å². The van der Waals surface area contributed by atoms with Crippen molar-refractivity contribution in [1.29, 1.82) is 0 Å². The van der Waals surface area contributed by atoms with Gasteiger partial charge in [0, 0.05) is 29.6 Å². The van der Waals surface area contributed by atoms with E-state index >= 15 is 0 Å². The van der Waals surface area contributed by atoms with E-state index in [1.165, 1.54) is 4.90 Å². The zero-order valence-corrected chi connectivity index (χ0v) is 13.5. The smallest absolute Gasteiger partial charge is 0.168 e. The number of carbonyl (C=O) groups excluding carboxylic acids is 2. The lowest BCUT2D eigenvalue weighted by atomic mass is 9.84. The van der Waals surface area contributed by atoms with Crippen molar-refractivity contribution in [1.82, 2.24) is 0 Å². The summed E-state index contributed by atoms with van der Waals surface area (Å²) in [6.07, 6.45) is 5.22. The molecule has 0 unspecified atom stereocenters. The fraction of sp³-hybridized carbons (Fsp3) is 0.412. The van der Waals surface area contributed by atoms with Crippen molar-refractivity contribution in [3.05, 3.63) is 36.0 Å². The third-order valence-corrected chi connectivity index (χ3v) is 4.49. The monoisotopic (exact) mass is 303 g/mol. The highest BCUT2D eigenvalue weighted by Gasteiger charge is 2.31. The van der Waals surface area contributed by atoms with Crippen molar-refractivity contribution in [2.75, 3.05) is 11.6 Å². The van der Waals surface area contributed by atoms with Gasteiger partial charge in [-0.15, -0.1) is 11.8 Å². The first-order chi connectivity index (χ1) is 9.91. The molecule has 1 N–H and O–H groups in total. The lowest BCUT2D eigenvalue weighted by Gasteiger charge is -2.19. The largest absolute Gasteiger partial charge is 0.361 e. The number of Topliss-reactive ketones (excluding diaryl/α,β-unsaturated/α-hetero) is 2. The highest BCUT2D eigenvalue weighted by Crippen LogP contribution is 2.32. The lowest BCUT2D eigenvalue weighted by molar-refractivity contribution is -0.120. The molecule has 1 aliphatic carbocycles. The van der Waals surface area contributed by atoms with Crippen LogP contribution in [0, 0.1) is 5.41 Å². The molecule has 0 spiro atoms. The minimum Gasteiger partial charge on any atom is -0.361 e. The van der Waals surface area contributed by atoms with Crippen molar-refractivity contribution in [3.8, 4) is 0 Å². The molecule has 1 aromatic carbocycles. The average Bonchev–Trinajstić information content (AvgIpc) is 2.54. The maximum Gasteiger partial charge on any atom is 0.168 e. The molecule has 1 fully saturated rings. The molecule has 21 heavy (non-hydrogen) atoms. The average molecular weight is 303 g/mol. The van der Waals surface area contributed by atoms with E-state index in [9.17, 15) is 9.59 Å². The highest BCUT2D eigenvalue weighted by molar-refractivity contribution is 7.98. The zero-order chi connectivity index (χ0) is 15.5. The Morgan fingerprint density at radius 1 is 1.14 bits per heavy atom. The Hall–Kier alpha value is -1.55. The first-order valence-corrected chi connectivity index (χ1v) is 8.31. The number of anilines is 1. The number of allylic oxidation sites excluding steroid dienone is 1. The number of benzene rings is 1. The molecular weight excluding hydrogens is 282 g/mol. The van der Waals surface area contributed by atoms with Gasteiger partial charge in [-0.2, -0.15) is 0 Å². The quantitative estimate of drug-likeness (QED) is 0.396. The maximum atomic E-state index is 12.2. The first-order valence-electron chi connectivity index (χ1n) is 7.08. The molecule has 0 bridgehead atoms. The second-order valence-electron chi connectivity index (χ2n) is 6.12. The summed E-state index contributed by atoms with van der Waals surface area (Å²) in [7, 11) is 0. The summed E-state index contributed by atoms with van der Waals surface area (Å²) in [5.74, 6) is -0.116. The van der Waals surface area contributed by atoms with E-state index < -0.39 is 0 Å². The predicted molar refractivity (Wildman–Crippen MR) is 87.6 cm³/mol. The van der Waals surface area contributed by atoms with Gasteiger partial charge in [0.25, 0.3) is 0 Å². The summed E-state index contributed by atoms with van der Waals surface area (Å²) in [6.45, 7) is 4.07. The van der Waals surface area contributed by atoms with E-state index in [-0.39, 0.29) is 17.0 Å². The van der Waals surface area contributed by atoms with E-state index in [1.54, 1.807) is 18.0 Å². The lowest BCUT2D eigenvalue weighted by Crippen LogP contribution is -2.16. The van der Waals surface area contributed by atoms with Crippen molar-refractivity contribution in [2.45, 2.75) is 38.0 Å². The molecule has 0 amide bonds. The molecule has 4 heteroatoms. The van der Waals surface area contributed by atoms with Gasteiger partial charge in [0.05, 0.1) is 5.57 Å². The summed E-state index contributed by atoms with van der Waals surface area (Å²) >= 11 is 1.68. The van der Waals surface area contributed by atoms with E-state index in [0.29, 0.717) is 18.4 Å². The van der Waals surface area contributed by atoms with Crippen LogP contribution >= 0.6 is 11.8 Å². The van der Waals surface area contributed by atoms with E-state index in [1.807, 2.05) is 44.4 Å². The molecule has 0 atom stereocenters. The van der Waals surface area contributed by atoms with Gasteiger partial charge in [-0.05, 0) is 42.4 Å². The van der Waals surface area contributed by atoms with Gasteiger partial charge in [0.15, 0.2) is 11.6 Å². The van der Waals surface area contributed by atoms with Gasteiger partial charge in [-0.25, -0.2) is 0 Å². The molecule has 1 aliphatic rings. The van der Waals surface area contributed by atoms with Gasteiger partial charge in [-0.1, -0.05) is 13.8 Å². The number of carbonyl (C=O) groups is 2. The van der Waals surface area contributed by atoms with Crippen molar-refractivity contribution in [2.24, 2.45) is 5.41 Å². The summed E-state index contributed by atoms with van der Waals surface area (Å²) in [6, 6.07) is 7.90. The fourth-order valence-electron chi connectivity index (χ4n) is 2.36. The minimum atomic E-state index is -0.0949. The number of hydrogen-bond donors (Lipinski definition) is 1. The summed E-state index contributed by atoms with van der Waals surface area (Å²) < 4.78 is 0. The van der Waals surface area contributed by atoms with Crippen LogP contribution in [-0.4, -0.2) is 17.8 Å². The molecule has 112 valence electrons. The first kappa shape index (κ1) is 15.8. The molecule has 0 aromatic heterocycles. The fourth-order valence-corrected chi connectivity index (χ4v) is 2.77. The molecule has 3 nitrogen and oxygen atoms in total. The second kappa shape index (κ2) is 6.48. The third kappa shape index (κ3) is 4.21. The van der Waals surface area contributed by atoms with Crippen molar-refractivity contribution >= 4 is 29.0 Å². The van der Waals surface area contributed by atoms with Crippen LogP contribution in [0.5, 0.6) is 0 Å². The van der Waals surface area contributed by atoms with Crippen LogP contribution in [0.1, 0.15) is 33.1 Å². The molecule has 0 radical (unpaired) electrons. The van der Waals surface area contributed by atoms with Crippen molar-refractivity contribution in [3.63, 3.8) is 0 Å². The standard InChI is InChI=1S/C17H21NO2S/c1-17(2)9-8-15(19)14(16(20)10-17)11-18-12-4-6-13(21-3)7-5-12/h4-7,11,18H,8-10H2,1-3H3/b14-11+. The van der Waals surface area contributed by atoms with Crippen molar-refractivity contribution < 1.29 is 9.59 Å². The number of thioether (sulfide) groups is 1. The molecule has 0 aliphatic heterocycles. The van der Waals surface area contributed by atoms with Gasteiger partial charge in [-0.3, -0.25) is 9.59 Å². The van der Waals surface area contributed by atoms with E-state index in [2.05, 4.69) is 5.32 Å². The Bertz CT molecular complexity index is 573. The van der Waals surface area contributed by atoms with Crippen LogP contribution < -0.4 is 5.32 Å². The molecule has 0 saturated heterocycles. The number of ketones is 2.